The molecule has 27 heavy (non-hydrogen) atoms. The minimum absolute atomic E-state index is 0.263. The molecular formula is C19H21FN6O. The quantitative estimate of drug-likeness (QED) is 0.492. The summed E-state index contributed by atoms with van der Waals surface area (Å²) in [5, 5.41) is 10.3. The van der Waals surface area contributed by atoms with E-state index in [-0.39, 0.29) is 5.82 Å². The van der Waals surface area contributed by atoms with Crippen molar-refractivity contribution in [2.75, 3.05) is 13.1 Å². The van der Waals surface area contributed by atoms with E-state index in [1.165, 1.54) is 12.1 Å². The standard InChI is InChI=1S/C19H21FN6O/c1-2-21-19(24-13-14-6-5-7-15(20)12-14)23-11-9-17-25-18(27-26-17)16-8-3-4-10-22-16/h3-8,10,12H,2,9,11,13H2,1H3,(H2,21,23,24). The van der Waals surface area contributed by atoms with Crippen molar-refractivity contribution in [3.8, 4) is 11.6 Å². The Morgan fingerprint density at radius 2 is 2.11 bits per heavy atom. The molecule has 0 fully saturated rings. The van der Waals surface area contributed by atoms with Crippen LogP contribution in [0.3, 0.4) is 0 Å². The summed E-state index contributed by atoms with van der Waals surface area (Å²) in [6.45, 7) is 3.67. The summed E-state index contributed by atoms with van der Waals surface area (Å²) in [5.74, 6) is 1.37. The number of aliphatic imine (C=N–C) groups is 1. The second kappa shape index (κ2) is 9.42. The molecule has 0 saturated heterocycles. The number of nitrogens with zero attached hydrogens (tertiary/aromatic N) is 4. The molecule has 2 aromatic heterocycles. The molecule has 2 N–H and O–H groups in total. The number of nitrogens with one attached hydrogen (secondary N) is 2. The maximum absolute atomic E-state index is 13.2. The zero-order valence-corrected chi connectivity index (χ0v) is 15.0. The number of pyridine rings is 1. The van der Waals surface area contributed by atoms with E-state index in [4.69, 9.17) is 4.52 Å². The highest BCUT2D eigenvalue weighted by atomic mass is 19.1. The van der Waals surface area contributed by atoms with Crippen LogP contribution in [0.4, 0.5) is 4.39 Å². The Kier molecular flexibility index (Phi) is 6.45. The van der Waals surface area contributed by atoms with Crippen LogP contribution in [-0.2, 0) is 13.0 Å². The van der Waals surface area contributed by atoms with Crippen LogP contribution in [0.25, 0.3) is 11.6 Å². The predicted molar refractivity (Wildman–Crippen MR) is 100 cm³/mol. The zero-order chi connectivity index (χ0) is 18.9. The van der Waals surface area contributed by atoms with Gasteiger partial charge in [-0.2, -0.15) is 4.98 Å². The highest BCUT2D eigenvalue weighted by molar-refractivity contribution is 5.79. The lowest BCUT2D eigenvalue weighted by molar-refractivity contribution is 0.421. The molecule has 3 aromatic rings. The van der Waals surface area contributed by atoms with E-state index >= 15 is 0 Å². The SMILES string of the molecule is CCNC(=NCc1cccc(F)c1)NCCc1noc(-c2ccccn2)n1. The molecule has 0 aliphatic heterocycles. The van der Waals surface area contributed by atoms with Crippen molar-refractivity contribution in [1.29, 1.82) is 0 Å². The Balaban J connectivity index is 1.54. The number of benzene rings is 1. The van der Waals surface area contributed by atoms with Crippen LogP contribution in [0.15, 0.2) is 58.2 Å². The topological polar surface area (TPSA) is 88.2 Å². The Morgan fingerprint density at radius 3 is 2.89 bits per heavy atom. The molecule has 0 atom stereocenters. The Hall–Kier alpha value is -3.29. The maximum Gasteiger partial charge on any atom is 0.276 e. The van der Waals surface area contributed by atoms with Crippen molar-refractivity contribution in [3.63, 3.8) is 0 Å². The maximum atomic E-state index is 13.2. The molecule has 0 radical (unpaired) electrons. The molecule has 7 nitrogen and oxygen atoms in total. The molecule has 0 unspecified atom stereocenters. The second-order valence-electron chi connectivity index (χ2n) is 5.73. The van der Waals surface area contributed by atoms with Crippen LogP contribution in [0.1, 0.15) is 18.3 Å². The van der Waals surface area contributed by atoms with E-state index in [1.54, 1.807) is 12.3 Å². The summed E-state index contributed by atoms with van der Waals surface area (Å²) in [5.41, 5.74) is 1.46. The van der Waals surface area contributed by atoms with Gasteiger partial charge < -0.3 is 15.2 Å². The Morgan fingerprint density at radius 1 is 1.19 bits per heavy atom. The molecular weight excluding hydrogens is 347 g/mol. The van der Waals surface area contributed by atoms with Gasteiger partial charge in [-0.3, -0.25) is 4.98 Å². The average molecular weight is 368 g/mol. The molecule has 0 aliphatic rings. The number of hydrogen-bond acceptors (Lipinski definition) is 5. The zero-order valence-electron chi connectivity index (χ0n) is 15.0. The van der Waals surface area contributed by atoms with Crippen LogP contribution < -0.4 is 10.6 Å². The van der Waals surface area contributed by atoms with Crippen molar-refractivity contribution >= 4 is 5.96 Å². The third-order valence-corrected chi connectivity index (χ3v) is 3.65. The normalized spacial score (nSPS) is 11.4. The highest BCUT2D eigenvalue weighted by Gasteiger charge is 2.09. The third kappa shape index (κ3) is 5.60. The molecule has 8 heteroatoms. The number of halogens is 1. The average Bonchev–Trinajstić information content (AvgIpc) is 3.16. The van der Waals surface area contributed by atoms with Crippen LogP contribution in [0.5, 0.6) is 0 Å². The number of aromatic nitrogens is 3. The van der Waals surface area contributed by atoms with Crippen molar-refractivity contribution in [3.05, 3.63) is 65.9 Å². The summed E-state index contributed by atoms with van der Waals surface area (Å²) < 4.78 is 18.5. The molecule has 1 aromatic carbocycles. The van der Waals surface area contributed by atoms with Crippen LogP contribution >= 0.6 is 0 Å². The first-order valence-electron chi connectivity index (χ1n) is 8.75. The fourth-order valence-corrected chi connectivity index (χ4v) is 2.39. The van der Waals surface area contributed by atoms with Gasteiger partial charge in [-0.05, 0) is 36.8 Å². The van der Waals surface area contributed by atoms with E-state index < -0.39 is 0 Å². The van der Waals surface area contributed by atoms with Gasteiger partial charge in [-0.25, -0.2) is 9.38 Å². The largest absolute Gasteiger partial charge is 0.357 e. The van der Waals surface area contributed by atoms with E-state index in [9.17, 15) is 4.39 Å². The van der Waals surface area contributed by atoms with Crippen LogP contribution in [-0.4, -0.2) is 34.2 Å². The molecule has 2 heterocycles. The van der Waals surface area contributed by atoms with Crippen LogP contribution in [0, 0.1) is 5.82 Å². The molecule has 0 aliphatic carbocycles. The predicted octanol–water partition coefficient (Wildman–Crippen LogP) is 2.57. The van der Waals surface area contributed by atoms with Crippen molar-refractivity contribution in [2.24, 2.45) is 4.99 Å². The minimum atomic E-state index is -0.263. The Bertz CT molecular complexity index is 881. The monoisotopic (exact) mass is 368 g/mol. The number of hydrogen-bond donors (Lipinski definition) is 2. The summed E-state index contributed by atoms with van der Waals surface area (Å²) >= 11 is 0. The number of rotatable bonds is 7. The first-order valence-corrected chi connectivity index (χ1v) is 8.75. The van der Waals surface area contributed by atoms with Gasteiger partial charge in [0.25, 0.3) is 5.89 Å². The van der Waals surface area contributed by atoms with E-state index in [1.807, 2.05) is 31.2 Å². The summed E-state index contributed by atoms with van der Waals surface area (Å²) in [6, 6.07) is 11.9. The molecule has 0 spiro atoms. The number of guanidine groups is 1. The van der Waals surface area contributed by atoms with Gasteiger partial charge in [-0.1, -0.05) is 23.4 Å². The lowest BCUT2D eigenvalue weighted by Crippen LogP contribution is -2.38. The molecule has 0 saturated carbocycles. The lowest BCUT2D eigenvalue weighted by Gasteiger charge is -2.10. The Labute approximate surface area is 156 Å². The van der Waals surface area contributed by atoms with Gasteiger partial charge in [0.1, 0.15) is 11.5 Å². The van der Waals surface area contributed by atoms with E-state index in [0.717, 1.165) is 12.1 Å². The summed E-state index contributed by atoms with van der Waals surface area (Å²) in [6.07, 6.45) is 2.25. The van der Waals surface area contributed by atoms with Gasteiger partial charge in [0, 0.05) is 25.7 Å². The van der Waals surface area contributed by atoms with Crippen molar-refractivity contribution in [2.45, 2.75) is 19.9 Å². The fourth-order valence-electron chi connectivity index (χ4n) is 2.39. The second-order valence-corrected chi connectivity index (χ2v) is 5.73. The van der Waals surface area contributed by atoms with Gasteiger partial charge >= 0.3 is 0 Å². The van der Waals surface area contributed by atoms with Crippen molar-refractivity contribution < 1.29 is 8.91 Å². The van der Waals surface area contributed by atoms with E-state index in [2.05, 4.69) is 30.8 Å². The molecule has 140 valence electrons. The fraction of sp³-hybridized carbons (Fsp3) is 0.263. The van der Waals surface area contributed by atoms with Gasteiger partial charge in [0.15, 0.2) is 11.8 Å². The first kappa shape index (κ1) is 18.5. The summed E-state index contributed by atoms with van der Waals surface area (Å²) in [7, 11) is 0. The highest BCUT2D eigenvalue weighted by Crippen LogP contribution is 2.13. The van der Waals surface area contributed by atoms with Gasteiger partial charge in [-0.15, -0.1) is 0 Å². The lowest BCUT2D eigenvalue weighted by atomic mass is 10.2. The molecule has 3 rings (SSSR count). The van der Waals surface area contributed by atoms with Crippen molar-refractivity contribution in [1.82, 2.24) is 25.8 Å². The third-order valence-electron chi connectivity index (χ3n) is 3.65. The minimum Gasteiger partial charge on any atom is -0.357 e. The molecule has 0 amide bonds. The summed E-state index contributed by atoms with van der Waals surface area (Å²) in [4.78, 5) is 13.0. The van der Waals surface area contributed by atoms with Crippen LogP contribution in [0.2, 0.25) is 0 Å². The van der Waals surface area contributed by atoms with Gasteiger partial charge in [0.05, 0.1) is 6.54 Å². The van der Waals surface area contributed by atoms with E-state index in [0.29, 0.717) is 42.9 Å². The molecule has 0 bridgehead atoms. The first-order chi connectivity index (χ1) is 13.2. The smallest absolute Gasteiger partial charge is 0.276 e. The van der Waals surface area contributed by atoms with Gasteiger partial charge in [0.2, 0.25) is 0 Å².